The van der Waals surface area contributed by atoms with Crippen molar-refractivity contribution in [2.75, 3.05) is 24.5 Å². The van der Waals surface area contributed by atoms with Gasteiger partial charge in [-0.15, -0.1) is 5.10 Å². The first-order valence-electron chi connectivity index (χ1n) is 10.1. The van der Waals surface area contributed by atoms with Gasteiger partial charge in [0.25, 0.3) is 0 Å². The topological polar surface area (TPSA) is 69.2 Å². The maximum Gasteiger partial charge on any atom is 0.305 e. The van der Waals surface area contributed by atoms with Crippen molar-refractivity contribution in [2.45, 2.75) is 39.2 Å². The summed E-state index contributed by atoms with van der Waals surface area (Å²) >= 11 is 0. The monoisotopic (exact) mass is 410 g/mol. The zero-order valence-corrected chi connectivity index (χ0v) is 17.3. The summed E-state index contributed by atoms with van der Waals surface area (Å²) in [7, 11) is 0. The largest absolute Gasteiger partial charge is 0.354 e. The quantitative estimate of drug-likeness (QED) is 0.691. The summed E-state index contributed by atoms with van der Waals surface area (Å²) in [6.45, 7) is 7.04. The average Bonchev–Trinajstić information content (AvgIpc) is 3.35. The Labute approximate surface area is 174 Å². The zero-order chi connectivity index (χ0) is 21.5. The molecule has 0 amide bonds. The van der Waals surface area contributed by atoms with E-state index in [9.17, 15) is 14.0 Å². The lowest BCUT2D eigenvalue weighted by Gasteiger charge is -2.25. The Bertz CT molecular complexity index is 1110. The van der Waals surface area contributed by atoms with Crippen LogP contribution in [0.2, 0.25) is 0 Å². The van der Waals surface area contributed by atoms with Crippen LogP contribution in [-0.2, 0) is 5.92 Å². The van der Waals surface area contributed by atoms with Crippen molar-refractivity contribution >= 4 is 11.5 Å². The standard InChI is InChI=1S/C22H24F2N6/c1-4-26-16-10-11-29(13-16)20-18(15-8-6-5-7-9-15)14(2)17(12-25)19-27-21(22(3,23)24)28-30(19)20/h5-9,16,26H,4,10-11,13H2,1-3H3/t16-/m0/s1. The summed E-state index contributed by atoms with van der Waals surface area (Å²) < 4.78 is 29.6. The number of nitrogens with zero attached hydrogens (tertiary/aromatic N) is 5. The van der Waals surface area contributed by atoms with Crippen LogP contribution in [0, 0.1) is 18.3 Å². The average molecular weight is 410 g/mol. The lowest BCUT2D eigenvalue weighted by Crippen LogP contribution is -2.33. The molecule has 0 saturated carbocycles. The molecule has 6 nitrogen and oxygen atoms in total. The van der Waals surface area contributed by atoms with Crippen molar-refractivity contribution in [2.24, 2.45) is 0 Å². The summed E-state index contributed by atoms with van der Waals surface area (Å²) in [5.41, 5.74) is 2.90. The molecule has 0 radical (unpaired) electrons. The molecule has 4 rings (SSSR count). The lowest BCUT2D eigenvalue weighted by molar-refractivity contribution is 0.00801. The van der Waals surface area contributed by atoms with Crippen molar-refractivity contribution in [1.29, 1.82) is 5.26 Å². The van der Waals surface area contributed by atoms with Crippen LogP contribution >= 0.6 is 0 Å². The van der Waals surface area contributed by atoms with E-state index in [2.05, 4.69) is 33.3 Å². The third kappa shape index (κ3) is 3.39. The van der Waals surface area contributed by atoms with E-state index in [1.165, 1.54) is 4.52 Å². The number of pyridine rings is 1. The van der Waals surface area contributed by atoms with Crippen molar-refractivity contribution in [3.8, 4) is 17.2 Å². The minimum atomic E-state index is -3.20. The van der Waals surface area contributed by atoms with Gasteiger partial charge in [0.05, 0.1) is 0 Å². The number of likely N-dealkylation sites (N-methyl/N-ethyl adjacent to an activating group) is 1. The van der Waals surface area contributed by atoms with Crippen LogP contribution < -0.4 is 10.2 Å². The van der Waals surface area contributed by atoms with E-state index >= 15 is 0 Å². The number of aromatic nitrogens is 3. The van der Waals surface area contributed by atoms with E-state index in [1.54, 1.807) is 0 Å². The van der Waals surface area contributed by atoms with E-state index in [1.807, 2.05) is 37.3 Å². The highest BCUT2D eigenvalue weighted by atomic mass is 19.3. The normalized spacial score (nSPS) is 16.9. The molecule has 3 heterocycles. The molecule has 1 saturated heterocycles. The van der Waals surface area contributed by atoms with Gasteiger partial charge in [-0.05, 0) is 31.0 Å². The number of benzene rings is 1. The molecule has 156 valence electrons. The lowest BCUT2D eigenvalue weighted by atomic mass is 9.97. The number of nitriles is 1. The van der Waals surface area contributed by atoms with Crippen molar-refractivity contribution in [1.82, 2.24) is 19.9 Å². The number of hydrogen-bond donors (Lipinski definition) is 1. The molecule has 1 aliphatic rings. The third-order valence-electron chi connectivity index (χ3n) is 5.55. The Morgan fingerprint density at radius 3 is 2.67 bits per heavy atom. The smallest absolute Gasteiger partial charge is 0.305 e. The Morgan fingerprint density at radius 2 is 2.03 bits per heavy atom. The second-order valence-electron chi connectivity index (χ2n) is 7.72. The van der Waals surface area contributed by atoms with Crippen molar-refractivity contribution in [3.63, 3.8) is 0 Å². The summed E-state index contributed by atoms with van der Waals surface area (Å²) in [4.78, 5) is 6.23. The second-order valence-corrected chi connectivity index (χ2v) is 7.72. The van der Waals surface area contributed by atoms with Crippen LogP contribution in [0.3, 0.4) is 0 Å². The van der Waals surface area contributed by atoms with Crippen molar-refractivity contribution < 1.29 is 8.78 Å². The molecular weight excluding hydrogens is 386 g/mol. The molecule has 30 heavy (non-hydrogen) atoms. The number of nitrogens with one attached hydrogen (secondary N) is 1. The summed E-state index contributed by atoms with van der Waals surface area (Å²) in [6.07, 6.45) is 0.939. The number of anilines is 1. The molecule has 1 fully saturated rings. The van der Waals surface area contributed by atoms with E-state index in [0.717, 1.165) is 49.7 Å². The minimum Gasteiger partial charge on any atom is -0.354 e. The predicted octanol–water partition coefficient (Wildman–Crippen LogP) is 3.88. The van der Waals surface area contributed by atoms with Gasteiger partial charge in [-0.2, -0.15) is 18.6 Å². The molecule has 1 N–H and O–H groups in total. The van der Waals surface area contributed by atoms with Gasteiger partial charge in [-0.25, -0.2) is 4.98 Å². The molecule has 3 aromatic rings. The van der Waals surface area contributed by atoms with Gasteiger partial charge in [-0.3, -0.25) is 0 Å². The highest BCUT2D eigenvalue weighted by molar-refractivity contribution is 5.85. The number of halogens is 2. The summed E-state index contributed by atoms with van der Waals surface area (Å²) in [5, 5.41) is 17.5. The second kappa shape index (κ2) is 7.65. The van der Waals surface area contributed by atoms with Gasteiger partial charge in [0.15, 0.2) is 5.65 Å². The molecular formula is C22H24F2N6. The highest BCUT2D eigenvalue weighted by Crippen LogP contribution is 2.39. The van der Waals surface area contributed by atoms with Crippen LogP contribution in [0.25, 0.3) is 16.8 Å². The maximum absolute atomic E-state index is 14.1. The summed E-state index contributed by atoms with van der Waals surface area (Å²) in [6, 6.07) is 12.2. The Morgan fingerprint density at radius 1 is 1.30 bits per heavy atom. The fraction of sp³-hybridized carbons (Fsp3) is 0.409. The number of hydrogen-bond acceptors (Lipinski definition) is 5. The van der Waals surface area contributed by atoms with E-state index in [4.69, 9.17) is 0 Å². The molecule has 1 aliphatic heterocycles. The van der Waals surface area contributed by atoms with Gasteiger partial charge < -0.3 is 10.2 Å². The Kier molecular flexibility index (Phi) is 5.16. The molecule has 0 bridgehead atoms. The molecule has 2 aromatic heterocycles. The van der Waals surface area contributed by atoms with E-state index in [0.29, 0.717) is 11.9 Å². The fourth-order valence-electron chi connectivity index (χ4n) is 4.16. The first-order valence-corrected chi connectivity index (χ1v) is 10.1. The van der Waals surface area contributed by atoms with Crippen LogP contribution in [0.4, 0.5) is 14.6 Å². The summed E-state index contributed by atoms with van der Waals surface area (Å²) in [5.74, 6) is -3.07. The van der Waals surface area contributed by atoms with Crippen LogP contribution in [0.5, 0.6) is 0 Å². The fourth-order valence-corrected chi connectivity index (χ4v) is 4.16. The van der Waals surface area contributed by atoms with Gasteiger partial charge in [-0.1, -0.05) is 37.3 Å². The van der Waals surface area contributed by atoms with Crippen LogP contribution in [0.15, 0.2) is 30.3 Å². The maximum atomic E-state index is 14.1. The molecule has 0 aliphatic carbocycles. The van der Waals surface area contributed by atoms with E-state index < -0.39 is 11.7 Å². The molecule has 1 atom stereocenters. The molecule has 0 spiro atoms. The van der Waals surface area contributed by atoms with Gasteiger partial charge >= 0.3 is 5.92 Å². The number of alkyl halides is 2. The molecule has 0 unspecified atom stereocenters. The SMILES string of the molecule is CCN[C@H]1CCN(c2c(-c3ccccc3)c(C)c(C#N)c3nc(C(C)(F)F)nn23)C1. The first-order chi connectivity index (χ1) is 14.3. The predicted molar refractivity (Wildman–Crippen MR) is 112 cm³/mol. The van der Waals surface area contributed by atoms with Gasteiger partial charge in [0.1, 0.15) is 17.5 Å². The molecule has 8 heteroatoms. The minimum absolute atomic E-state index is 0.174. The van der Waals surface area contributed by atoms with Crippen molar-refractivity contribution in [3.05, 3.63) is 47.3 Å². The zero-order valence-electron chi connectivity index (χ0n) is 17.3. The Balaban J connectivity index is 2.03. The Hall–Kier alpha value is -3.05. The van der Waals surface area contributed by atoms with Crippen LogP contribution in [0.1, 0.15) is 37.2 Å². The highest BCUT2D eigenvalue weighted by Gasteiger charge is 2.34. The molecule has 1 aromatic carbocycles. The van der Waals surface area contributed by atoms with Gasteiger partial charge in [0, 0.05) is 31.6 Å². The van der Waals surface area contributed by atoms with Gasteiger partial charge in [0.2, 0.25) is 5.82 Å². The number of fused-ring (bicyclic) bond motifs is 1. The number of rotatable bonds is 5. The van der Waals surface area contributed by atoms with Crippen LogP contribution in [-0.4, -0.2) is 40.3 Å². The first kappa shape index (κ1) is 20.2. The van der Waals surface area contributed by atoms with E-state index in [-0.39, 0.29) is 11.2 Å². The third-order valence-corrected chi connectivity index (χ3v) is 5.55.